The minimum Gasteiger partial charge on any atom is -0.378 e. The second kappa shape index (κ2) is 7.18. The highest BCUT2D eigenvalue weighted by Crippen LogP contribution is 2.20. The lowest BCUT2D eigenvalue weighted by Gasteiger charge is -2.36. The van der Waals surface area contributed by atoms with Crippen LogP contribution in [0.5, 0.6) is 0 Å². The molecule has 0 amide bonds. The molecule has 2 saturated heterocycles. The van der Waals surface area contributed by atoms with Crippen LogP contribution in [0, 0.1) is 5.82 Å². The van der Waals surface area contributed by atoms with Crippen molar-refractivity contribution in [1.82, 2.24) is 15.2 Å². The SMILES string of the molecule is Fc1ccc(N2CCN(c3cnnc(N4CCOCC4)n3)CC2)cc1. The maximum Gasteiger partial charge on any atom is 0.247 e. The molecule has 0 unspecified atom stereocenters. The number of rotatable bonds is 3. The van der Waals surface area contributed by atoms with E-state index in [1.165, 1.54) is 12.1 Å². The Hall–Kier alpha value is -2.48. The fourth-order valence-electron chi connectivity index (χ4n) is 3.18. The molecular weight excluding hydrogens is 323 g/mol. The van der Waals surface area contributed by atoms with Crippen molar-refractivity contribution >= 4 is 17.5 Å². The Bertz CT molecular complexity index is 699. The molecule has 2 aliphatic rings. The van der Waals surface area contributed by atoms with E-state index in [4.69, 9.17) is 4.74 Å². The molecule has 0 aliphatic carbocycles. The van der Waals surface area contributed by atoms with Gasteiger partial charge in [0.1, 0.15) is 5.82 Å². The average Bonchev–Trinajstić information content (AvgIpc) is 2.70. The molecule has 4 rings (SSSR count). The summed E-state index contributed by atoms with van der Waals surface area (Å²) < 4.78 is 18.4. The Morgan fingerprint density at radius 3 is 2.24 bits per heavy atom. The van der Waals surface area contributed by atoms with Crippen LogP contribution in [-0.4, -0.2) is 67.7 Å². The highest BCUT2D eigenvalue weighted by Gasteiger charge is 2.21. The van der Waals surface area contributed by atoms with E-state index < -0.39 is 0 Å². The van der Waals surface area contributed by atoms with Gasteiger partial charge in [0.2, 0.25) is 5.95 Å². The molecule has 0 spiro atoms. The lowest BCUT2D eigenvalue weighted by molar-refractivity contribution is 0.122. The largest absolute Gasteiger partial charge is 0.378 e. The predicted octanol–water partition coefficient (Wildman–Crippen LogP) is 1.17. The molecule has 2 aromatic rings. The molecule has 3 heterocycles. The van der Waals surface area contributed by atoms with E-state index >= 15 is 0 Å². The van der Waals surface area contributed by atoms with Crippen molar-refractivity contribution in [3.8, 4) is 0 Å². The average molecular weight is 344 g/mol. The second-order valence-corrected chi connectivity index (χ2v) is 6.16. The summed E-state index contributed by atoms with van der Waals surface area (Å²) in [6.45, 7) is 6.41. The van der Waals surface area contributed by atoms with Gasteiger partial charge < -0.3 is 19.4 Å². The summed E-state index contributed by atoms with van der Waals surface area (Å²) in [4.78, 5) is 11.3. The van der Waals surface area contributed by atoms with E-state index in [1.807, 2.05) is 12.1 Å². The van der Waals surface area contributed by atoms with E-state index in [1.54, 1.807) is 6.20 Å². The molecule has 25 heavy (non-hydrogen) atoms. The number of aromatic nitrogens is 3. The van der Waals surface area contributed by atoms with Crippen LogP contribution >= 0.6 is 0 Å². The number of benzene rings is 1. The number of piperazine rings is 1. The number of anilines is 3. The first kappa shape index (κ1) is 16.0. The van der Waals surface area contributed by atoms with Gasteiger partial charge in [0, 0.05) is 45.0 Å². The Balaban J connectivity index is 1.41. The lowest BCUT2D eigenvalue weighted by Crippen LogP contribution is -2.47. The van der Waals surface area contributed by atoms with E-state index in [2.05, 4.69) is 29.9 Å². The molecule has 132 valence electrons. The van der Waals surface area contributed by atoms with Crippen LogP contribution in [0.1, 0.15) is 0 Å². The number of nitrogens with zero attached hydrogens (tertiary/aromatic N) is 6. The fourth-order valence-corrected chi connectivity index (χ4v) is 3.18. The van der Waals surface area contributed by atoms with E-state index in [0.29, 0.717) is 19.2 Å². The molecule has 0 N–H and O–H groups in total. The first-order valence-electron chi connectivity index (χ1n) is 8.57. The minimum absolute atomic E-state index is 0.204. The molecule has 2 aliphatic heterocycles. The minimum atomic E-state index is -0.204. The Morgan fingerprint density at radius 1 is 0.840 bits per heavy atom. The molecular formula is C17H21FN6O. The number of ether oxygens (including phenoxy) is 1. The van der Waals surface area contributed by atoms with Crippen molar-refractivity contribution in [2.75, 3.05) is 67.2 Å². The van der Waals surface area contributed by atoms with Crippen LogP contribution in [0.4, 0.5) is 21.8 Å². The van der Waals surface area contributed by atoms with Gasteiger partial charge in [0.25, 0.3) is 0 Å². The van der Waals surface area contributed by atoms with E-state index in [0.717, 1.165) is 50.8 Å². The lowest BCUT2D eigenvalue weighted by atomic mass is 10.2. The monoisotopic (exact) mass is 344 g/mol. The molecule has 0 radical (unpaired) electrons. The van der Waals surface area contributed by atoms with Crippen LogP contribution in [0.3, 0.4) is 0 Å². The van der Waals surface area contributed by atoms with E-state index in [9.17, 15) is 4.39 Å². The number of morpholine rings is 1. The summed E-state index contributed by atoms with van der Waals surface area (Å²) in [5.41, 5.74) is 1.05. The second-order valence-electron chi connectivity index (χ2n) is 6.16. The normalized spacial score (nSPS) is 18.5. The Kier molecular flexibility index (Phi) is 4.60. The van der Waals surface area contributed by atoms with Gasteiger partial charge in [-0.05, 0) is 24.3 Å². The summed E-state index contributed by atoms with van der Waals surface area (Å²) in [5.74, 6) is 1.32. The van der Waals surface area contributed by atoms with Crippen LogP contribution in [-0.2, 0) is 4.74 Å². The summed E-state index contributed by atoms with van der Waals surface area (Å²) in [5, 5.41) is 8.30. The third-order valence-electron chi connectivity index (χ3n) is 4.62. The molecule has 0 bridgehead atoms. The summed E-state index contributed by atoms with van der Waals surface area (Å²) in [6.07, 6.45) is 1.72. The topological polar surface area (TPSA) is 57.6 Å². The molecule has 2 fully saturated rings. The molecule has 1 aromatic carbocycles. The zero-order chi connectivity index (χ0) is 17.1. The first-order valence-corrected chi connectivity index (χ1v) is 8.57. The molecule has 1 aromatic heterocycles. The quantitative estimate of drug-likeness (QED) is 0.828. The summed E-state index contributed by atoms with van der Waals surface area (Å²) >= 11 is 0. The van der Waals surface area contributed by atoms with Gasteiger partial charge in [-0.25, -0.2) is 4.39 Å². The highest BCUT2D eigenvalue weighted by atomic mass is 19.1. The maximum absolute atomic E-state index is 13.1. The summed E-state index contributed by atoms with van der Waals surface area (Å²) in [6, 6.07) is 6.66. The summed E-state index contributed by atoms with van der Waals surface area (Å²) in [7, 11) is 0. The molecule has 0 saturated carbocycles. The van der Waals surface area contributed by atoms with Gasteiger partial charge in [-0.3, -0.25) is 0 Å². The molecule has 8 heteroatoms. The third kappa shape index (κ3) is 3.63. The predicted molar refractivity (Wildman–Crippen MR) is 93.7 cm³/mol. The van der Waals surface area contributed by atoms with Crippen molar-refractivity contribution in [2.45, 2.75) is 0 Å². The van der Waals surface area contributed by atoms with Gasteiger partial charge >= 0.3 is 0 Å². The number of hydrogen-bond acceptors (Lipinski definition) is 7. The Morgan fingerprint density at radius 2 is 1.52 bits per heavy atom. The van der Waals surface area contributed by atoms with Crippen LogP contribution < -0.4 is 14.7 Å². The van der Waals surface area contributed by atoms with Gasteiger partial charge in [0.15, 0.2) is 5.82 Å². The molecule has 7 nitrogen and oxygen atoms in total. The Labute approximate surface area is 146 Å². The number of hydrogen-bond donors (Lipinski definition) is 0. The smallest absolute Gasteiger partial charge is 0.247 e. The first-order chi connectivity index (χ1) is 12.3. The zero-order valence-electron chi connectivity index (χ0n) is 14.0. The van der Waals surface area contributed by atoms with Crippen molar-refractivity contribution < 1.29 is 9.13 Å². The standard InChI is InChI=1S/C17H21FN6O/c18-14-1-3-15(4-2-14)22-5-7-23(8-6-22)16-13-19-21-17(20-16)24-9-11-25-12-10-24/h1-4,13H,5-12H2. The van der Waals surface area contributed by atoms with Gasteiger partial charge in [-0.2, -0.15) is 10.1 Å². The van der Waals surface area contributed by atoms with Gasteiger partial charge in [-0.15, -0.1) is 5.10 Å². The van der Waals surface area contributed by atoms with Gasteiger partial charge in [-0.1, -0.05) is 0 Å². The fraction of sp³-hybridized carbons (Fsp3) is 0.471. The van der Waals surface area contributed by atoms with Crippen molar-refractivity contribution in [3.63, 3.8) is 0 Å². The van der Waals surface area contributed by atoms with Crippen LogP contribution in [0.15, 0.2) is 30.5 Å². The maximum atomic E-state index is 13.1. The van der Waals surface area contributed by atoms with Crippen LogP contribution in [0.2, 0.25) is 0 Å². The zero-order valence-corrected chi connectivity index (χ0v) is 14.0. The van der Waals surface area contributed by atoms with Crippen LogP contribution in [0.25, 0.3) is 0 Å². The van der Waals surface area contributed by atoms with Crippen molar-refractivity contribution in [2.24, 2.45) is 0 Å². The third-order valence-corrected chi connectivity index (χ3v) is 4.62. The van der Waals surface area contributed by atoms with Crippen molar-refractivity contribution in [3.05, 3.63) is 36.3 Å². The van der Waals surface area contributed by atoms with Gasteiger partial charge in [0.05, 0.1) is 19.4 Å². The van der Waals surface area contributed by atoms with Crippen molar-refractivity contribution in [1.29, 1.82) is 0 Å². The highest BCUT2D eigenvalue weighted by molar-refractivity contribution is 5.49. The van der Waals surface area contributed by atoms with E-state index in [-0.39, 0.29) is 5.82 Å². The number of halogens is 1. The molecule has 0 atom stereocenters.